The third-order valence-corrected chi connectivity index (χ3v) is 4.78. The van der Waals surface area contributed by atoms with E-state index in [4.69, 9.17) is 0 Å². The van der Waals surface area contributed by atoms with E-state index in [1.165, 1.54) is 18.1 Å². The van der Waals surface area contributed by atoms with Crippen LogP contribution >= 0.6 is 11.8 Å². The Hall–Kier alpha value is -2.41. The maximum absolute atomic E-state index is 11.9. The number of nitrogens with one attached hydrogen (secondary N) is 1. The lowest BCUT2D eigenvalue weighted by molar-refractivity contribution is -0.118. The number of para-hydroxylation sites is 1. The van der Waals surface area contributed by atoms with Crippen LogP contribution in [0.25, 0.3) is 16.7 Å². The summed E-state index contributed by atoms with van der Waals surface area (Å²) in [5, 5.41) is 9.00. The van der Waals surface area contributed by atoms with Crippen molar-refractivity contribution in [3.63, 3.8) is 0 Å². The Bertz CT molecular complexity index is 834. The fourth-order valence-electron chi connectivity index (χ4n) is 2.48. The lowest BCUT2D eigenvalue weighted by atomic mass is 10.2. The second-order valence-corrected chi connectivity index (χ2v) is 6.62. The van der Waals surface area contributed by atoms with Crippen molar-refractivity contribution in [3.8, 4) is 5.69 Å². The molecule has 1 N–H and O–H groups in total. The Balaban J connectivity index is 1.69. The summed E-state index contributed by atoms with van der Waals surface area (Å²) in [4.78, 5) is 20.6. The average Bonchev–Trinajstić information content (AvgIpc) is 3.09. The first kappa shape index (κ1) is 17.4. The summed E-state index contributed by atoms with van der Waals surface area (Å²) in [7, 11) is 0. The summed E-state index contributed by atoms with van der Waals surface area (Å²) < 4.78 is 1.78. The Morgan fingerprint density at radius 3 is 2.84 bits per heavy atom. The Morgan fingerprint density at radius 2 is 2.04 bits per heavy atom. The standard InChI is InChI=1S/C18H21N5OS/c1-2-3-7-10-19-16(24)12-25-18-15-11-22-23(17(15)20-13-21-18)14-8-5-4-6-9-14/h4-6,8-9,11,13H,2-3,7,10,12H2,1H3,(H,19,24). The minimum Gasteiger partial charge on any atom is -0.355 e. The van der Waals surface area contributed by atoms with Gasteiger partial charge in [-0.2, -0.15) is 5.10 Å². The Morgan fingerprint density at radius 1 is 1.20 bits per heavy atom. The zero-order valence-electron chi connectivity index (χ0n) is 14.2. The number of carbonyl (C=O) groups is 1. The molecule has 0 fully saturated rings. The van der Waals surface area contributed by atoms with Crippen molar-refractivity contribution in [1.29, 1.82) is 0 Å². The van der Waals surface area contributed by atoms with Crippen LogP contribution < -0.4 is 5.32 Å². The van der Waals surface area contributed by atoms with E-state index < -0.39 is 0 Å². The Kier molecular flexibility index (Phi) is 6.00. The van der Waals surface area contributed by atoms with Gasteiger partial charge in [-0.25, -0.2) is 14.6 Å². The summed E-state index contributed by atoms with van der Waals surface area (Å²) in [6, 6.07) is 9.84. The molecule has 2 aromatic heterocycles. The molecule has 3 aromatic rings. The molecule has 1 aromatic carbocycles. The highest BCUT2D eigenvalue weighted by atomic mass is 32.2. The van der Waals surface area contributed by atoms with Crippen molar-refractivity contribution < 1.29 is 4.79 Å². The molecule has 25 heavy (non-hydrogen) atoms. The molecular formula is C18H21N5OS. The third-order valence-electron chi connectivity index (χ3n) is 3.77. The number of benzene rings is 1. The molecule has 1 amide bonds. The lowest BCUT2D eigenvalue weighted by Crippen LogP contribution is -2.26. The third kappa shape index (κ3) is 4.36. The lowest BCUT2D eigenvalue weighted by Gasteiger charge is -2.05. The molecule has 0 unspecified atom stereocenters. The van der Waals surface area contributed by atoms with Crippen molar-refractivity contribution >= 4 is 28.7 Å². The van der Waals surface area contributed by atoms with Crippen molar-refractivity contribution in [3.05, 3.63) is 42.9 Å². The van der Waals surface area contributed by atoms with Crippen LogP contribution in [-0.2, 0) is 4.79 Å². The molecule has 0 aliphatic heterocycles. The highest BCUT2D eigenvalue weighted by molar-refractivity contribution is 8.00. The number of hydrogen-bond donors (Lipinski definition) is 1. The van der Waals surface area contributed by atoms with Crippen LogP contribution in [0.2, 0.25) is 0 Å². The molecule has 0 spiro atoms. The van der Waals surface area contributed by atoms with Gasteiger partial charge >= 0.3 is 0 Å². The molecule has 0 radical (unpaired) electrons. The van der Waals surface area contributed by atoms with Gasteiger partial charge in [-0.05, 0) is 18.6 Å². The van der Waals surface area contributed by atoms with Crippen LogP contribution in [0.4, 0.5) is 0 Å². The van der Waals surface area contributed by atoms with E-state index in [2.05, 4.69) is 27.3 Å². The molecule has 0 saturated heterocycles. The fourth-order valence-corrected chi connectivity index (χ4v) is 3.27. The number of unbranched alkanes of at least 4 members (excludes halogenated alkanes) is 2. The first-order chi connectivity index (χ1) is 12.3. The van der Waals surface area contributed by atoms with Crippen LogP contribution in [0.5, 0.6) is 0 Å². The number of nitrogens with zero attached hydrogens (tertiary/aromatic N) is 4. The van der Waals surface area contributed by atoms with Crippen LogP contribution in [0.3, 0.4) is 0 Å². The van der Waals surface area contributed by atoms with Gasteiger partial charge in [0.2, 0.25) is 5.91 Å². The minimum absolute atomic E-state index is 0.0308. The first-order valence-electron chi connectivity index (χ1n) is 8.43. The Labute approximate surface area is 151 Å². The summed E-state index contributed by atoms with van der Waals surface area (Å²) in [5.41, 5.74) is 1.69. The van der Waals surface area contributed by atoms with Gasteiger partial charge in [-0.3, -0.25) is 4.79 Å². The van der Waals surface area contributed by atoms with Crippen LogP contribution in [-0.4, -0.2) is 38.0 Å². The predicted octanol–water partition coefficient (Wildman–Crippen LogP) is 3.21. The molecule has 0 aliphatic rings. The van der Waals surface area contributed by atoms with Gasteiger partial charge in [-0.15, -0.1) is 0 Å². The van der Waals surface area contributed by atoms with Gasteiger partial charge in [0, 0.05) is 6.54 Å². The zero-order valence-corrected chi connectivity index (χ0v) is 15.0. The molecule has 130 valence electrons. The maximum atomic E-state index is 11.9. The van der Waals surface area contributed by atoms with Crippen molar-refractivity contribution in [2.75, 3.05) is 12.3 Å². The fraction of sp³-hybridized carbons (Fsp3) is 0.333. The highest BCUT2D eigenvalue weighted by Crippen LogP contribution is 2.25. The van der Waals surface area contributed by atoms with Gasteiger partial charge in [0.1, 0.15) is 11.4 Å². The molecule has 0 atom stereocenters. The summed E-state index contributed by atoms with van der Waals surface area (Å²) in [6.45, 7) is 2.88. The van der Waals surface area contributed by atoms with E-state index in [-0.39, 0.29) is 5.91 Å². The largest absolute Gasteiger partial charge is 0.355 e. The second kappa shape index (κ2) is 8.62. The number of aromatic nitrogens is 4. The normalized spacial score (nSPS) is 10.9. The molecule has 0 bridgehead atoms. The van der Waals surface area contributed by atoms with E-state index >= 15 is 0 Å². The second-order valence-electron chi connectivity index (χ2n) is 5.65. The monoisotopic (exact) mass is 355 g/mol. The average molecular weight is 355 g/mol. The topological polar surface area (TPSA) is 72.7 Å². The van der Waals surface area contributed by atoms with E-state index in [0.717, 1.165) is 47.6 Å². The predicted molar refractivity (Wildman–Crippen MR) is 99.9 cm³/mol. The van der Waals surface area contributed by atoms with Gasteiger partial charge in [0.15, 0.2) is 5.65 Å². The number of rotatable bonds is 8. The van der Waals surface area contributed by atoms with Gasteiger partial charge in [-0.1, -0.05) is 49.7 Å². The van der Waals surface area contributed by atoms with Crippen molar-refractivity contribution in [2.45, 2.75) is 31.2 Å². The van der Waals surface area contributed by atoms with E-state index in [1.807, 2.05) is 30.3 Å². The number of fused-ring (bicyclic) bond motifs is 1. The van der Waals surface area contributed by atoms with Gasteiger partial charge in [0.05, 0.1) is 23.0 Å². The van der Waals surface area contributed by atoms with E-state index in [0.29, 0.717) is 5.75 Å². The summed E-state index contributed by atoms with van der Waals surface area (Å²) in [6.07, 6.45) is 6.58. The molecule has 3 rings (SSSR count). The van der Waals surface area contributed by atoms with Crippen LogP contribution in [0.1, 0.15) is 26.2 Å². The molecule has 0 aliphatic carbocycles. The summed E-state index contributed by atoms with van der Waals surface area (Å²) in [5.74, 6) is 0.373. The number of thioether (sulfide) groups is 1. The quantitative estimate of drug-likeness (QED) is 0.382. The zero-order chi connectivity index (χ0) is 17.5. The molecule has 7 heteroatoms. The smallest absolute Gasteiger partial charge is 0.230 e. The molecule has 6 nitrogen and oxygen atoms in total. The molecule has 0 saturated carbocycles. The molecular weight excluding hydrogens is 334 g/mol. The number of hydrogen-bond acceptors (Lipinski definition) is 5. The summed E-state index contributed by atoms with van der Waals surface area (Å²) >= 11 is 1.41. The van der Waals surface area contributed by atoms with Crippen LogP contribution in [0, 0.1) is 0 Å². The highest BCUT2D eigenvalue weighted by Gasteiger charge is 2.12. The van der Waals surface area contributed by atoms with E-state index in [1.54, 1.807) is 10.9 Å². The molecule has 2 heterocycles. The minimum atomic E-state index is 0.0308. The van der Waals surface area contributed by atoms with Crippen molar-refractivity contribution in [1.82, 2.24) is 25.1 Å². The van der Waals surface area contributed by atoms with Crippen molar-refractivity contribution in [2.24, 2.45) is 0 Å². The number of amides is 1. The van der Waals surface area contributed by atoms with E-state index in [9.17, 15) is 4.79 Å². The van der Waals surface area contributed by atoms with Gasteiger partial charge in [0.25, 0.3) is 0 Å². The SMILES string of the molecule is CCCCCNC(=O)CSc1ncnc2c1cnn2-c1ccccc1. The van der Waals surface area contributed by atoms with Gasteiger partial charge < -0.3 is 5.32 Å². The number of carbonyl (C=O) groups excluding carboxylic acids is 1. The first-order valence-corrected chi connectivity index (χ1v) is 9.42. The van der Waals surface area contributed by atoms with Crippen LogP contribution in [0.15, 0.2) is 47.9 Å². The maximum Gasteiger partial charge on any atom is 0.230 e.